The second kappa shape index (κ2) is 11.5. The fourth-order valence-electron chi connectivity index (χ4n) is 5.46. The second-order valence-electron chi connectivity index (χ2n) is 11.0. The van der Waals surface area contributed by atoms with Gasteiger partial charge in [-0.25, -0.2) is 0 Å². The Labute approximate surface area is 245 Å². The van der Waals surface area contributed by atoms with Gasteiger partial charge in [-0.15, -0.1) is 0 Å². The Kier molecular flexibility index (Phi) is 7.50. The first-order valence-electron chi connectivity index (χ1n) is 14.1. The van der Waals surface area contributed by atoms with Crippen LogP contribution < -0.4 is 10.2 Å². The van der Waals surface area contributed by atoms with Gasteiger partial charge in [0.2, 0.25) is 0 Å². The highest BCUT2D eigenvalue weighted by atomic mass is 16.3. The van der Waals surface area contributed by atoms with Crippen LogP contribution >= 0.6 is 0 Å². The van der Waals surface area contributed by atoms with E-state index in [4.69, 9.17) is 0 Å². The molecule has 9 nitrogen and oxygen atoms in total. The summed E-state index contributed by atoms with van der Waals surface area (Å²) < 4.78 is 1.58. The van der Waals surface area contributed by atoms with E-state index in [1.165, 1.54) is 5.69 Å². The first-order chi connectivity index (χ1) is 20.3. The average Bonchev–Trinajstić information content (AvgIpc) is 3.49. The number of nitrogens with one attached hydrogen (secondary N) is 2. The lowest BCUT2D eigenvalue weighted by atomic mass is 10.0. The smallest absolute Gasteiger partial charge is 0.273 e. The van der Waals surface area contributed by atoms with Crippen LogP contribution in [0.1, 0.15) is 32.9 Å². The largest absolute Gasteiger partial charge is 0.494 e. The number of piperazine rings is 1. The highest BCUT2D eigenvalue weighted by Crippen LogP contribution is 2.29. The molecule has 1 amide bonds. The van der Waals surface area contributed by atoms with E-state index >= 15 is 0 Å². The van der Waals surface area contributed by atoms with Crippen LogP contribution in [0.25, 0.3) is 10.9 Å². The van der Waals surface area contributed by atoms with Gasteiger partial charge in [0.1, 0.15) is 5.69 Å². The van der Waals surface area contributed by atoms with Crippen molar-refractivity contribution < 1.29 is 9.90 Å². The molecule has 0 atom stereocenters. The minimum absolute atomic E-state index is 0.0927. The van der Waals surface area contributed by atoms with Crippen molar-refractivity contribution in [1.29, 1.82) is 0 Å². The number of aryl methyl sites for hydroxylation is 2. The molecule has 3 N–H and O–H groups in total. The molecule has 0 spiro atoms. The number of anilines is 2. The van der Waals surface area contributed by atoms with E-state index in [0.29, 0.717) is 17.7 Å². The molecule has 3 aromatic carbocycles. The monoisotopic (exact) mass is 561 g/mol. The molecule has 0 aliphatic carbocycles. The molecule has 1 fully saturated rings. The van der Waals surface area contributed by atoms with E-state index < -0.39 is 0 Å². The molecule has 0 bridgehead atoms. The number of likely N-dealkylation sites (N-methyl/N-ethyl adjacent to an activating group) is 1. The van der Waals surface area contributed by atoms with E-state index in [0.717, 1.165) is 65.3 Å². The Morgan fingerprint density at radius 2 is 1.76 bits per heavy atom. The topological polar surface area (TPSA) is 102 Å². The highest BCUT2D eigenvalue weighted by molar-refractivity contribution is 6.03. The lowest BCUT2D eigenvalue weighted by molar-refractivity contribution is 0.101. The summed E-state index contributed by atoms with van der Waals surface area (Å²) in [6, 6.07) is 24.0. The van der Waals surface area contributed by atoms with Crippen molar-refractivity contribution in [3.05, 3.63) is 101 Å². The number of carbonyl (C=O) groups is 1. The Hall–Kier alpha value is -4.89. The number of carbonyl (C=O) groups excluding carboxylic acids is 1. The predicted molar refractivity (Wildman–Crippen MR) is 169 cm³/mol. The van der Waals surface area contributed by atoms with Crippen molar-refractivity contribution in [1.82, 2.24) is 19.7 Å². The fraction of sp³-hybridized carbons (Fsp3) is 0.242. The number of amides is 1. The van der Waals surface area contributed by atoms with Crippen LogP contribution in [0.5, 0.6) is 5.88 Å². The molecule has 1 saturated heterocycles. The Bertz CT molecular complexity index is 1760. The number of aliphatic imine (C=N–C) groups is 1. The third-order valence-corrected chi connectivity index (χ3v) is 7.77. The lowest BCUT2D eigenvalue weighted by Crippen LogP contribution is -2.44. The number of rotatable bonds is 7. The standard InChI is InChI=1S/C33H35N7O2/c1-22-17-31(39(3)37-22)33(42)35-26-6-4-5-23(19-26)18-24-7-12-28-29(32(41)36-30(28)20-24)21-34-25-8-10-27(11-9-25)40-15-13-38(2)14-16-40/h4-12,17,19-21,36,41H,13-16,18H2,1-3H3,(H,35,42). The average molecular weight is 562 g/mol. The molecule has 0 saturated carbocycles. The Balaban J connectivity index is 1.14. The van der Waals surface area contributed by atoms with E-state index in [1.54, 1.807) is 24.0 Å². The molecule has 2 aromatic heterocycles. The van der Waals surface area contributed by atoms with Gasteiger partial charge in [0.05, 0.1) is 16.9 Å². The summed E-state index contributed by atoms with van der Waals surface area (Å²) in [4.78, 5) is 25.2. The van der Waals surface area contributed by atoms with Crippen molar-refractivity contribution in [3.8, 4) is 5.88 Å². The number of aromatic hydroxyl groups is 1. The molecule has 1 aliphatic rings. The second-order valence-corrected chi connectivity index (χ2v) is 11.0. The molecular formula is C33H35N7O2. The quantitative estimate of drug-likeness (QED) is 0.235. The third kappa shape index (κ3) is 5.91. The predicted octanol–water partition coefficient (Wildman–Crippen LogP) is 5.26. The van der Waals surface area contributed by atoms with Gasteiger partial charge in [0, 0.05) is 61.7 Å². The molecular weight excluding hydrogens is 526 g/mol. The zero-order chi connectivity index (χ0) is 29.2. The van der Waals surface area contributed by atoms with Gasteiger partial charge in [-0.1, -0.05) is 24.3 Å². The van der Waals surface area contributed by atoms with E-state index in [-0.39, 0.29) is 11.8 Å². The van der Waals surface area contributed by atoms with Gasteiger partial charge in [-0.3, -0.25) is 14.5 Å². The number of benzene rings is 3. The zero-order valence-electron chi connectivity index (χ0n) is 24.1. The van der Waals surface area contributed by atoms with Crippen molar-refractivity contribution in [3.63, 3.8) is 0 Å². The van der Waals surface area contributed by atoms with Crippen LogP contribution in [0, 0.1) is 6.92 Å². The van der Waals surface area contributed by atoms with Crippen LogP contribution in [0.2, 0.25) is 0 Å². The van der Waals surface area contributed by atoms with Gasteiger partial charge < -0.3 is 25.2 Å². The molecule has 5 aromatic rings. The van der Waals surface area contributed by atoms with Gasteiger partial charge >= 0.3 is 0 Å². The molecule has 3 heterocycles. The molecule has 9 heteroatoms. The van der Waals surface area contributed by atoms with E-state index in [2.05, 4.69) is 55.4 Å². The molecule has 6 rings (SSSR count). The first-order valence-corrected chi connectivity index (χ1v) is 14.1. The molecule has 0 unspecified atom stereocenters. The number of nitrogens with zero attached hydrogens (tertiary/aromatic N) is 5. The van der Waals surface area contributed by atoms with Crippen LogP contribution in [0.3, 0.4) is 0 Å². The SMILES string of the molecule is Cc1cc(C(=O)Nc2cccc(Cc3ccc4c(C=Nc5ccc(N6CCN(C)CC6)cc5)c(O)[nH]c4c3)c2)n(C)n1. The van der Waals surface area contributed by atoms with Crippen molar-refractivity contribution in [2.45, 2.75) is 13.3 Å². The van der Waals surface area contributed by atoms with Crippen LogP contribution in [-0.2, 0) is 13.5 Å². The lowest BCUT2D eigenvalue weighted by Gasteiger charge is -2.34. The van der Waals surface area contributed by atoms with Crippen LogP contribution in [0.4, 0.5) is 17.1 Å². The number of H-pyrrole nitrogens is 1. The van der Waals surface area contributed by atoms with Crippen molar-refractivity contribution in [2.75, 3.05) is 43.4 Å². The number of aromatic nitrogens is 3. The summed E-state index contributed by atoms with van der Waals surface area (Å²) in [5.74, 6) is -0.103. The Morgan fingerprint density at radius 1 is 1.00 bits per heavy atom. The summed E-state index contributed by atoms with van der Waals surface area (Å²) >= 11 is 0. The highest BCUT2D eigenvalue weighted by Gasteiger charge is 2.15. The summed E-state index contributed by atoms with van der Waals surface area (Å²) in [6.07, 6.45) is 2.39. The number of hydrogen-bond acceptors (Lipinski definition) is 6. The van der Waals surface area contributed by atoms with Crippen LogP contribution in [0.15, 0.2) is 77.8 Å². The van der Waals surface area contributed by atoms with Crippen LogP contribution in [-0.4, -0.2) is 70.1 Å². The normalized spacial score (nSPS) is 14.2. The Morgan fingerprint density at radius 3 is 2.50 bits per heavy atom. The van der Waals surface area contributed by atoms with E-state index in [1.807, 2.05) is 55.5 Å². The third-order valence-electron chi connectivity index (χ3n) is 7.77. The van der Waals surface area contributed by atoms with Gasteiger partial charge in [0.25, 0.3) is 5.91 Å². The maximum absolute atomic E-state index is 12.7. The number of fused-ring (bicyclic) bond motifs is 1. The van der Waals surface area contributed by atoms with Crippen molar-refractivity contribution in [2.24, 2.45) is 12.0 Å². The molecule has 42 heavy (non-hydrogen) atoms. The minimum atomic E-state index is -0.196. The van der Waals surface area contributed by atoms with Gasteiger partial charge in [-0.2, -0.15) is 5.10 Å². The fourth-order valence-corrected chi connectivity index (χ4v) is 5.46. The minimum Gasteiger partial charge on any atom is -0.494 e. The molecule has 1 aliphatic heterocycles. The van der Waals surface area contributed by atoms with Gasteiger partial charge in [-0.05, 0) is 80.1 Å². The molecule has 214 valence electrons. The summed E-state index contributed by atoms with van der Waals surface area (Å²) in [5.41, 5.74) is 7.73. The number of aromatic amines is 1. The summed E-state index contributed by atoms with van der Waals surface area (Å²) in [5, 5.41) is 18.8. The maximum Gasteiger partial charge on any atom is 0.273 e. The maximum atomic E-state index is 12.7. The first kappa shape index (κ1) is 27.3. The van der Waals surface area contributed by atoms with Crippen molar-refractivity contribution >= 4 is 40.1 Å². The molecule has 0 radical (unpaired) electrons. The zero-order valence-corrected chi connectivity index (χ0v) is 24.1. The van der Waals surface area contributed by atoms with E-state index in [9.17, 15) is 9.90 Å². The summed E-state index contributed by atoms with van der Waals surface area (Å²) in [7, 11) is 3.92. The van der Waals surface area contributed by atoms with Gasteiger partial charge in [0.15, 0.2) is 5.88 Å². The number of hydrogen-bond donors (Lipinski definition) is 3. The summed E-state index contributed by atoms with van der Waals surface area (Å²) in [6.45, 7) is 6.05.